The van der Waals surface area contributed by atoms with Crippen molar-refractivity contribution < 1.29 is 4.74 Å². The first-order chi connectivity index (χ1) is 9.12. The Morgan fingerprint density at radius 1 is 1.37 bits per heavy atom. The highest BCUT2D eigenvalue weighted by Gasteiger charge is 2.08. The lowest BCUT2D eigenvalue weighted by Gasteiger charge is -2.13. The van der Waals surface area contributed by atoms with Gasteiger partial charge in [0, 0.05) is 4.47 Å². The van der Waals surface area contributed by atoms with Crippen LogP contribution in [-0.4, -0.2) is 6.61 Å². The molecule has 0 heterocycles. The summed E-state index contributed by atoms with van der Waals surface area (Å²) in [5, 5.41) is 0. The number of hydrogen-bond donors (Lipinski definition) is 0. The van der Waals surface area contributed by atoms with Gasteiger partial charge in [0.2, 0.25) is 0 Å². The Labute approximate surface area is 124 Å². The molecule has 0 saturated carbocycles. The third-order valence-electron chi connectivity index (χ3n) is 2.94. The minimum Gasteiger partial charge on any atom is -0.489 e. The van der Waals surface area contributed by atoms with E-state index in [1.165, 1.54) is 16.7 Å². The summed E-state index contributed by atoms with van der Waals surface area (Å²) >= 11 is 3.55. The highest BCUT2D eigenvalue weighted by molar-refractivity contribution is 9.10. The smallest absolute Gasteiger partial charge is 0.124 e. The summed E-state index contributed by atoms with van der Waals surface area (Å²) in [7, 11) is 0. The van der Waals surface area contributed by atoms with E-state index in [-0.39, 0.29) is 0 Å². The second-order valence-corrected chi connectivity index (χ2v) is 5.24. The predicted molar refractivity (Wildman–Crippen MR) is 86.8 cm³/mol. The summed E-state index contributed by atoms with van der Waals surface area (Å²) in [5.74, 6) is 0.917. The zero-order chi connectivity index (χ0) is 14.3. The van der Waals surface area contributed by atoms with E-state index in [2.05, 4.69) is 60.7 Å². The molecule has 0 aliphatic heterocycles. The summed E-state index contributed by atoms with van der Waals surface area (Å²) in [4.78, 5) is 0. The molecule has 0 amide bonds. The maximum absolute atomic E-state index is 5.70. The molecule has 2 heteroatoms. The molecule has 0 unspecified atom stereocenters. The number of hydrogen-bond acceptors (Lipinski definition) is 1. The standard InChI is InChI=1S/C17H21BrO/c1-5-8-14(7-3)10-15-11-16(18)12-17(13(15)4)19-9-6-2/h5-8,11-12H,2,9-10H2,1,3-4H3/b8-5-,14-7+. The molecule has 1 aromatic rings. The van der Waals surface area contributed by atoms with Crippen LogP contribution < -0.4 is 4.74 Å². The van der Waals surface area contributed by atoms with Crippen LogP contribution >= 0.6 is 15.9 Å². The van der Waals surface area contributed by atoms with Gasteiger partial charge in [0.15, 0.2) is 0 Å². The van der Waals surface area contributed by atoms with E-state index in [1.54, 1.807) is 6.08 Å². The zero-order valence-electron chi connectivity index (χ0n) is 11.9. The number of allylic oxidation sites excluding steroid dienone is 4. The summed E-state index contributed by atoms with van der Waals surface area (Å²) in [6, 6.07) is 4.16. The van der Waals surface area contributed by atoms with Crippen LogP contribution in [0, 0.1) is 6.92 Å². The van der Waals surface area contributed by atoms with Crippen LogP contribution in [0.1, 0.15) is 25.0 Å². The highest BCUT2D eigenvalue weighted by atomic mass is 79.9. The average molecular weight is 321 g/mol. The van der Waals surface area contributed by atoms with Crippen molar-refractivity contribution in [2.45, 2.75) is 27.2 Å². The van der Waals surface area contributed by atoms with Crippen molar-refractivity contribution in [3.63, 3.8) is 0 Å². The van der Waals surface area contributed by atoms with Gasteiger partial charge in [-0.25, -0.2) is 0 Å². The minimum atomic E-state index is 0.530. The van der Waals surface area contributed by atoms with E-state index in [0.29, 0.717) is 6.61 Å². The molecule has 0 radical (unpaired) electrons. The molecule has 1 rings (SSSR count). The SMILES string of the molecule is C=CCOc1cc(Br)cc(CC(/C=C\C)=C/C)c1C. The Morgan fingerprint density at radius 2 is 2.11 bits per heavy atom. The number of ether oxygens (including phenoxy) is 1. The molecule has 0 aliphatic rings. The Hall–Kier alpha value is -1.28. The molecule has 1 aromatic carbocycles. The summed E-state index contributed by atoms with van der Waals surface area (Å²) in [6.07, 6.45) is 9.03. The molecule has 0 atom stereocenters. The molecule has 1 nitrogen and oxygen atoms in total. The predicted octanol–water partition coefficient (Wildman–Crippen LogP) is 5.39. The first kappa shape index (κ1) is 15.8. The van der Waals surface area contributed by atoms with Gasteiger partial charge in [0.1, 0.15) is 12.4 Å². The molecule has 0 aliphatic carbocycles. The molecular weight excluding hydrogens is 300 g/mol. The summed E-state index contributed by atoms with van der Waals surface area (Å²) in [6.45, 7) is 10.4. The monoisotopic (exact) mass is 320 g/mol. The van der Waals surface area contributed by atoms with Crippen molar-refractivity contribution in [1.82, 2.24) is 0 Å². The van der Waals surface area contributed by atoms with E-state index in [1.807, 2.05) is 13.0 Å². The van der Waals surface area contributed by atoms with E-state index >= 15 is 0 Å². The average Bonchev–Trinajstić information content (AvgIpc) is 2.40. The van der Waals surface area contributed by atoms with Crippen LogP contribution in [0.2, 0.25) is 0 Å². The van der Waals surface area contributed by atoms with Crippen LogP contribution in [-0.2, 0) is 6.42 Å². The van der Waals surface area contributed by atoms with Crippen molar-refractivity contribution in [1.29, 1.82) is 0 Å². The lowest BCUT2D eigenvalue weighted by Crippen LogP contribution is -1.99. The van der Waals surface area contributed by atoms with Gasteiger partial charge in [0.05, 0.1) is 0 Å². The number of benzene rings is 1. The Bertz CT molecular complexity index is 498. The fourth-order valence-electron chi connectivity index (χ4n) is 1.88. The molecule has 19 heavy (non-hydrogen) atoms. The van der Waals surface area contributed by atoms with Gasteiger partial charge in [-0.2, -0.15) is 0 Å². The van der Waals surface area contributed by atoms with Gasteiger partial charge >= 0.3 is 0 Å². The first-order valence-electron chi connectivity index (χ1n) is 6.43. The normalized spacial score (nSPS) is 11.9. The molecule has 0 saturated heterocycles. The van der Waals surface area contributed by atoms with Crippen molar-refractivity contribution in [2.75, 3.05) is 6.61 Å². The van der Waals surface area contributed by atoms with E-state index in [0.717, 1.165) is 16.6 Å². The van der Waals surface area contributed by atoms with Gasteiger partial charge in [-0.1, -0.05) is 46.8 Å². The lowest BCUT2D eigenvalue weighted by molar-refractivity contribution is 0.360. The minimum absolute atomic E-state index is 0.530. The Morgan fingerprint density at radius 3 is 2.68 bits per heavy atom. The fraction of sp³-hybridized carbons (Fsp3) is 0.294. The van der Waals surface area contributed by atoms with E-state index in [9.17, 15) is 0 Å². The molecule has 0 aromatic heterocycles. The molecule has 0 spiro atoms. The topological polar surface area (TPSA) is 9.23 Å². The second kappa shape index (κ2) is 8.00. The third kappa shape index (κ3) is 4.71. The number of halogens is 1. The lowest BCUT2D eigenvalue weighted by atomic mass is 9.99. The third-order valence-corrected chi connectivity index (χ3v) is 3.39. The van der Waals surface area contributed by atoms with E-state index < -0.39 is 0 Å². The van der Waals surface area contributed by atoms with Crippen molar-refractivity contribution in [3.05, 3.63) is 64.2 Å². The summed E-state index contributed by atoms with van der Waals surface area (Å²) < 4.78 is 6.74. The van der Waals surface area contributed by atoms with Crippen molar-refractivity contribution in [2.24, 2.45) is 0 Å². The van der Waals surface area contributed by atoms with Gasteiger partial charge in [-0.3, -0.25) is 0 Å². The Kier molecular flexibility index (Phi) is 6.65. The fourth-order valence-corrected chi connectivity index (χ4v) is 2.37. The largest absolute Gasteiger partial charge is 0.489 e. The Balaban J connectivity index is 3.06. The molecule has 0 fully saturated rings. The van der Waals surface area contributed by atoms with Crippen LogP contribution in [0.25, 0.3) is 0 Å². The molecule has 0 bridgehead atoms. The summed E-state index contributed by atoms with van der Waals surface area (Å²) in [5.41, 5.74) is 3.77. The highest BCUT2D eigenvalue weighted by Crippen LogP contribution is 2.29. The van der Waals surface area contributed by atoms with Gasteiger partial charge < -0.3 is 4.74 Å². The van der Waals surface area contributed by atoms with Crippen molar-refractivity contribution in [3.8, 4) is 5.75 Å². The molecule has 0 N–H and O–H groups in total. The van der Waals surface area contributed by atoms with Gasteiger partial charge in [0.25, 0.3) is 0 Å². The van der Waals surface area contributed by atoms with Gasteiger partial charge in [-0.05, 0) is 56.0 Å². The van der Waals surface area contributed by atoms with E-state index in [4.69, 9.17) is 4.74 Å². The maximum atomic E-state index is 5.70. The van der Waals surface area contributed by atoms with Crippen LogP contribution in [0.4, 0.5) is 0 Å². The number of rotatable bonds is 6. The van der Waals surface area contributed by atoms with Crippen LogP contribution in [0.15, 0.2) is 53.1 Å². The molecular formula is C17H21BrO. The van der Waals surface area contributed by atoms with Crippen LogP contribution in [0.3, 0.4) is 0 Å². The van der Waals surface area contributed by atoms with Crippen molar-refractivity contribution >= 4 is 15.9 Å². The first-order valence-corrected chi connectivity index (χ1v) is 7.22. The zero-order valence-corrected chi connectivity index (χ0v) is 13.5. The second-order valence-electron chi connectivity index (χ2n) is 4.33. The van der Waals surface area contributed by atoms with Crippen LogP contribution in [0.5, 0.6) is 5.75 Å². The maximum Gasteiger partial charge on any atom is 0.124 e. The van der Waals surface area contributed by atoms with Gasteiger partial charge in [-0.15, -0.1) is 0 Å². The molecule has 102 valence electrons. The quantitative estimate of drug-likeness (QED) is 0.504.